The van der Waals surface area contributed by atoms with Crippen LogP contribution in [-0.2, 0) is 0 Å². The van der Waals surface area contributed by atoms with E-state index in [-0.39, 0.29) is 6.04 Å². The molecular formula is C16H15Br2F2N. The van der Waals surface area contributed by atoms with Gasteiger partial charge in [-0.25, -0.2) is 8.78 Å². The van der Waals surface area contributed by atoms with Crippen LogP contribution in [0, 0.1) is 25.5 Å². The summed E-state index contributed by atoms with van der Waals surface area (Å²) in [5.41, 5.74) is 2.52. The topological polar surface area (TPSA) is 12.0 Å². The predicted octanol–water partition coefficient (Wildman–Crippen LogP) is 6.28. The van der Waals surface area contributed by atoms with Gasteiger partial charge in [0.25, 0.3) is 0 Å². The van der Waals surface area contributed by atoms with Gasteiger partial charge in [0, 0.05) is 14.5 Å². The lowest BCUT2D eigenvalue weighted by atomic mass is 10.0. The largest absolute Gasteiger partial charge is 0.377 e. The monoisotopic (exact) mass is 417 g/mol. The third-order valence-electron chi connectivity index (χ3n) is 3.29. The first-order chi connectivity index (χ1) is 9.79. The fourth-order valence-electron chi connectivity index (χ4n) is 2.13. The van der Waals surface area contributed by atoms with Gasteiger partial charge < -0.3 is 5.32 Å². The Balaban J connectivity index is 2.35. The van der Waals surface area contributed by atoms with E-state index in [0.717, 1.165) is 20.2 Å². The summed E-state index contributed by atoms with van der Waals surface area (Å²) in [5.74, 6) is -0.810. The molecule has 1 nitrogen and oxygen atoms in total. The highest BCUT2D eigenvalue weighted by Crippen LogP contribution is 2.35. The fourth-order valence-corrected chi connectivity index (χ4v) is 3.77. The molecule has 2 aromatic carbocycles. The minimum absolute atomic E-state index is 0.303. The van der Waals surface area contributed by atoms with Gasteiger partial charge in [-0.1, -0.05) is 0 Å². The zero-order valence-electron chi connectivity index (χ0n) is 11.9. The van der Waals surface area contributed by atoms with E-state index in [0.29, 0.717) is 11.1 Å². The molecule has 2 aromatic rings. The molecule has 0 bridgehead atoms. The molecule has 112 valence electrons. The van der Waals surface area contributed by atoms with Crippen molar-refractivity contribution in [3.8, 4) is 0 Å². The van der Waals surface area contributed by atoms with Crippen molar-refractivity contribution in [1.29, 1.82) is 0 Å². The molecule has 0 saturated heterocycles. The first-order valence-electron chi connectivity index (χ1n) is 6.47. The molecule has 0 spiro atoms. The summed E-state index contributed by atoms with van der Waals surface area (Å²) in [7, 11) is 0. The minimum Gasteiger partial charge on any atom is -0.377 e. The maximum atomic E-state index is 14.0. The van der Waals surface area contributed by atoms with E-state index < -0.39 is 11.6 Å². The Morgan fingerprint density at radius 3 is 2.10 bits per heavy atom. The number of hydrogen-bond donors (Lipinski definition) is 1. The quantitative estimate of drug-likeness (QED) is 0.618. The summed E-state index contributed by atoms with van der Waals surface area (Å²) < 4.78 is 29.4. The third kappa shape index (κ3) is 3.64. The molecule has 1 atom stereocenters. The smallest absolute Gasteiger partial charge is 0.128 e. The highest BCUT2D eigenvalue weighted by molar-refractivity contribution is 9.11. The number of benzene rings is 2. The van der Waals surface area contributed by atoms with Gasteiger partial charge in [0.15, 0.2) is 0 Å². The number of halogens is 4. The van der Waals surface area contributed by atoms with E-state index in [1.165, 1.54) is 12.1 Å². The van der Waals surface area contributed by atoms with Gasteiger partial charge in [0.2, 0.25) is 0 Å². The summed E-state index contributed by atoms with van der Waals surface area (Å²) in [4.78, 5) is 0. The normalized spacial score (nSPS) is 12.3. The van der Waals surface area contributed by atoms with Crippen molar-refractivity contribution in [1.82, 2.24) is 0 Å². The SMILES string of the molecule is Cc1cc(Br)c(NC(C)c2cc(F)c(C)cc2F)c(Br)c1. The van der Waals surface area contributed by atoms with Crippen molar-refractivity contribution in [3.05, 3.63) is 61.5 Å². The molecule has 21 heavy (non-hydrogen) atoms. The Hall–Kier alpha value is -0.940. The molecule has 2 rings (SSSR count). The second kappa shape index (κ2) is 6.44. The number of aryl methyl sites for hydroxylation is 2. The van der Waals surface area contributed by atoms with Crippen LogP contribution < -0.4 is 5.32 Å². The summed E-state index contributed by atoms with van der Waals surface area (Å²) in [6.45, 7) is 5.33. The van der Waals surface area contributed by atoms with Crippen LogP contribution in [-0.4, -0.2) is 0 Å². The van der Waals surface area contributed by atoms with Gasteiger partial charge >= 0.3 is 0 Å². The standard InChI is InChI=1S/C16H15Br2F2N/c1-8-4-12(17)16(13(18)5-8)21-10(3)11-7-14(19)9(2)6-15(11)20/h4-7,10,21H,1-3H3. The van der Waals surface area contributed by atoms with Crippen molar-refractivity contribution in [2.75, 3.05) is 5.32 Å². The van der Waals surface area contributed by atoms with Gasteiger partial charge in [-0.15, -0.1) is 0 Å². The molecule has 0 amide bonds. The third-order valence-corrected chi connectivity index (χ3v) is 4.54. The lowest BCUT2D eigenvalue weighted by Gasteiger charge is -2.19. The van der Waals surface area contributed by atoms with Gasteiger partial charge in [0.1, 0.15) is 11.6 Å². The van der Waals surface area contributed by atoms with Crippen LogP contribution in [0.25, 0.3) is 0 Å². The Labute approximate surface area is 140 Å². The molecular weight excluding hydrogens is 404 g/mol. The summed E-state index contributed by atoms with van der Waals surface area (Å²) in [6, 6.07) is 6.04. The molecule has 0 heterocycles. The highest BCUT2D eigenvalue weighted by Gasteiger charge is 2.16. The van der Waals surface area contributed by atoms with Crippen LogP contribution in [0.15, 0.2) is 33.2 Å². The maximum Gasteiger partial charge on any atom is 0.128 e. The minimum atomic E-state index is -0.409. The maximum absolute atomic E-state index is 14.0. The molecule has 1 N–H and O–H groups in total. The molecule has 1 unspecified atom stereocenters. The van der Waals surface area contributed by atoms with Crippen LogP contribution >= 0.6 is 31.9 Å². The van der Waals surface area contributed by atoms with Gasteiger partial charge in [-0.3, -0.25) is 0 Å². The zero-order valence-corrected chi connectivity index (χ0v) is 15.1. The molecule has 5 heteroatoms. The number of anilines is 1. The van der Waals surface area contributed by atoms with Crippen molar-refractivity contribution >= 4 is 37.5 Å². The van der Waals surface area contributed by atoms with E-state index in [2.05, 4.69) is 37.2 Å². The molecule has 0 fully saturated rings. The van der Waals surface area contributed by atoms with Crippen molar-refractivity contribution in [2.45, 2.75) is 26.8 Å². The van der Waals surface area contributed by atoms with Crippen LogP contribution in [0.4, 0.5) is 14.5 Å². The second-order valence-corrected chi connectivity index (χ2v) is 6.80. The van der Waals surface area contributed by atoms with Crippen LogP contribution in [0.1, 0.15) is 29.7 Å². The Bertz CT molecular complexity index is 663. The van der Waals surface area contributed by atoms with E-state index >= 15 is 0 Å². The number of nitrogens with one attached hydrogen (secondary N) is 1. The van der Waals surface area contributed by atoms with Crippen LogP contribution in [0.3, 0.4) is 0 Å². The summed E-state index contributed by atoms with van der Waals surface area (Å²) in [5, 5.41) is 3.21. The molecule has 0 saturated carbocycles. The average molecular weight is 419 g/mol. The first-order valence-corrected chi connectivity index (χ1v) is 8.06. The van der Waals surface area contributed by atoms with Crippen molar-refractivity contribution in [2.24, 2.45) is 0 Å². The van der Waals surface area contributed by atoms with E-state index in [4.69, 9.17) is 0 Å². The highest BCUT2D eigenvalue weighted by atomic mass is 79.9. The van der Waals surface area contributed by atoms with Crippen molar-refractivity contribution in [3.63, 3.8) is 0 Å². The fraction of sp³-hybridized carbons (Fsp3) is 0.250. The Morgan fingerprint density at radius 2 is 1.52 bits per heavy atom. The average Bonchev–Trinajstić information content (AvgIpc) is 2.37. The molecule has 0 aliphatic carbocycles. The van der Waals surface area contributed by atoms with E-state index in [9.17, 15) is 8.78 Å². The number of hydrogen-bond acceptors (Lipinski definition) is 1. The van der Waals surface area contributed by atoms with E-state index in [1.807, 2.05) is 19.1 Å². The first kappa shape index (κ1) is 16.4. The van der Waals surface area contributed by atoms with Crippen molar-refractivity contribution < 1.29 is 8.78 Å². The molecule has 0 aromatic heterocycles. The molecule has 0 radical (unpaired) electrons. The number of rotatable bonds is 3. The van der Waals surface area contributed by atoms with Gasteiger partial charge in [-0.05, 0) is 88.0 Å². The molecule has 0 aliphatic heterocycles. The predicted molar refractivity (Wildman–Crippen MR) is 89.7 cm³/mol. The van der Waals surface area contributed by atoms with Crippen LogP contribution in [0.5, 0.6) is 0 Å². The summed E-state index contributed by atoms with van der Waals surface area (Å²) >= 11 is 6.97. The Kier molecular flexibility index (Phi) is 5.04. The second-order valence-electron chi connectivity index (χ2n) is 5.09. The zero-order chi connectivity index (χ0) is 15.7. The van der Waals surface area contributed by atoms with Crippen LogP contribution in [0.2, 0.25) is 0 Å². The lowest BCUT2D eigenvalue weighted by molar-refractivity contribution is 0.571. The lowest BCUT2D eigenvalue weighted by Crippen LogP contribution is -2.10. The molecule has 0 aliphatic rings. The van der Waals surface area contributed by atoms with Gasteiger partial charge in [-0.2, -0.15) is 0 Å². The van der Waals surface area contributed by atoms with Gasteiger partial charge in [0.05, 0.1) is 11.7 Å². The summed E-state index contributed by atoms with van der Waals surface area (Å²) in [6.07, 6.45) is 0. The Morgan fingerprint density at radius 1 is 0.952 bits per heavy atom. The van der Waals surface area contributed by atoms with E-state index in [1.54, 1.807) is 13.8 Å².